The zero-order chi connectivity index (χ0) is 20.4. The summed E-state index contributed by atoms with van der Waals surface area (Å²) in [5, 5.41) is 5.92. The van der Waals surface area contributed by atoms with Crippen LogP contribution in [0.1, 0.15) is 49.0 Å². The van der Waals surface area contributed by atoms with Crippen molar-refractivity contribution in [2.75, 3.05) is 39.4 Å². The number of amides is 2. The number of aryl methyl sites for hydroxylation is 1. The number of nitrogens with one attached hydrogen (secondary N) is 2. The zero-order valence-corrected chi connectivity index (χ0v) is 17.5. The number of benzene rings is 1. The maximum atomic E-state index is 12.3. The van der Waals surface area contributed by atoms with Gasteiger partial charge in [-0.25, -0.2) is 0 Å². The summed E-state index contributed by atoms with van der Waals surface area (Å²) >= 11 is 0. The molecule has 2 amide bonds. The minimum absolute atomic E-state index is 0.0192. The van der Waals surface area contributed by atoms with Crippen LogP contribution in [0.2, 0.25) is 0 Å². The van der Waals surface area contributed by atoms with Gasteiger partial charge in [-0.2, -0.15) is 0 Å². The third kappa shape index (κ3) is 6.60. The van der Waals surface area contributed by atoms with Crippen molar-refractivity contribution in [1.82, 2.24) is 15.5 Å². The molecule has 2 rings (SSSR count). The smallest absolute Gasteiger partial charge is 0.251 e. The van der Waals surface area contributed by atoms with E-state index in [4.69, 9.17) is 4.74 Å². The molecule has 0 saturated carbocycles. The van der Waals surface area contributed by atoms with Crippen LogP contribution in [0.25, 0.3) is 0 Å². The van der Waals surface area contributed by atoms with E-state index < -0.39 is 0 Å². The van der Waals surface area contributed by atoms with E-state index in [1.165, 1.54) is 0 Å². The Kier molecular flexibility index (Phi) is 9.44. The molecule has 6 nitrogen and oxygen atoms in total. The number of rotatable bonds is 10. The highest BCUT2D eigenvalue weighted by Gasteiger charge is 2.27. The number of carbonyl (C=O) groups excluding carboxylic acids is 2. The predicted molar refractivity (Wildman–Crippen MR) is 111 cm³/mol. The monoisotopic (exact) mass is 389 g/mol. The quantitative estimate of drug-likeness (QED) is 0.645. The molecule has 0 aliphatic carbocycles. The first-order chi connectivity index (χ1) is 13.6. The van der Waals surface area contributed by atoms with Crippen LogP contribution in [0.15, 0.2) is 24.3 Å². The van der Waals surface area contributed by atoms with E-state index in [-0.39, 0.29) is 18.2 Å². The Bertz CT molecular complexity index is 625. The maximum absolute atomic E-state index is 12.3. The van der Waals surface area contributed by atoms with Gasteiger partial charge in [0.1, 0.15) is 0 Å². The molecule has 1 atom stereocenters. The van der Waals surface area contributed by atoms with E-state index in [0.717, 1.165) is 44.7 Å². The third-order valence-corrected chi connectivity index (χ3v) is 5.64. The van der Waals surface area contributed by atoms with Crippen LogP contribution in [0.5, 0.6) is 0 Å². The Balaban J connectivity index is 1.78. The lowest BCUT2D eigenvalue weighted by atomic mass is 9.92. The molecule has 0 radical (unpaired) electrons. The van der Waals surface area contributed by atoms with Gasteiger partial charge in [0.05, 0.1) is 13.2 Å². The van der Waals surface area contributed by atoms with Crippen LogP contribution in [0.4, 0.5) is 0 Å². The number of hydrogen-bond donors (Lipinski definition) is 2. The molecule has 1 aliphatic rings. The van der Waals surface area contributed by atoms with Crippen molar-refractivity contribution >= 4 is 11.8 Å². The summed E-state index contributed by atoms with van der Waals surface area (Å²) < 4.78 is 5.47. The average Bonchev–Trinajstić information content (AvgIpc) is 2.72. The number of nitrogens with zero attached hydrogens (tertiary/aromatic N) is 1. The molecule has 6 heteroatoms. The molecule has 1 aliphatic heterocycles. The van der Waals surface area contributed by atoms with E-state index in [2.05, 4.69) is 29.4 Å². The molecule has 1 unspecified atom stereocenters. The van der Waals surface area contributed by atoms with Crippen LogP contribution >= 0.6 is 0 Å². The lowest BCUT2D eigenvalue weighted by Gasteiger charge is -2.38. The van der Waals surface area contributed by atoms with Crippen molar-refractivity contribution in [3.8, 4) is 0 Å². The molecule has 2 N–H and O–H groups in total. The van der Waals surface area contributed by atoms with E-state index in [0.29, 0.717) is 30.6 Å². The highest BCUT2D eigenvalue weighted by molar-refractivity contribution is 5.95. The van der Waals surface area contributed by atoms with Crippen molar-refractivity contribution in [2.24, 2.45) is 5.92 Å². The van der Waals surface area contributed by atoms with Gasteiger partial charge in [-0.3, -0.25) is 14.5 Å². The van der Waals surface area contributed by atoms with E-state index in [1.807, 2.05) is 25.1 Å². The van der Waals surface area contributed by atoms with Gasteiger partial charge in [0, 0.05) is 44.2 Å². The molecular formula is C22H35N3O3. The summed E-state index contributed by atoms with van der Waals surface area (Å²) in [5.74, 6) is 0.405. The van der Waals surface area contributed by atoms with Crippen LogP contribution in [-0.4, -0.2) is 62.1 Å². The van der Waals surface area contributed by atoms with Gasteiger partial charge in [0.15, 0.2) is 0 Å². The van der Waals surface area contributed by atoms with Crippen LogP contribution in [0, 0.1) is 12.8 Å². The highest BCUT2D eigenvalue weighted by Crippen LogP contribution is 2.19. The Morgan fingerprint density at radius 2 is 1.79 bits per heavy atom. The summed E-state index contributed by atoms with van der Waals surface area (Å²) in [6.07, 6.45) is 2.48. The third-order valence-electron chi connectivity index (χ3n) is 5.64. The molecule has 1 heterocycles. The summed E-state index contributed by atoms with van der Waals surface area (Å²) in [4.78, 5) is 27.0. The first-order valence-electron chi connectivity index (χ1n) is 10.5. The van der Waals surface area contributed by atoms with Gasteiger partial charge in [-0.15, -0.1) is 0 Å². The minimum Gasteiger partial charge on any atom is -0.379 e. The summed E-state index contributed by atoms with van der Waals surface area (Å²) in [6, 6.07) is 7.80. The second kappa shape index (κ2) is 11.8. The molecule has 0 bridgehead atoms. The molecule has 1 aromatic rings. The molecule has 1 aromatic carbocycles. The largest absolute Gasteiger partial charge is 0.379 e. The first kappa shape index (κ1) is 22.4. The number of hydrogen-bond acceptors (Lipinski definition) is 4. The van der Waals surface area contributed by atoms with Crippen molar-refractivity contribution in [1.29, 1.82) is 0 Å². The predicted octanol–water partition coefficient (Wildman–Crippen LogP) is 2.37. The zero-order valence-electron chi connectivity index (χ0n) is 17.5. The Morgan fingerprint density at radius 3 is 2.43 bits per heavy atom. The normalized spacial score (nSPS) is 16.0. The maximum Gasteiger partial charge on any atom is 0.251 e. The standard InChI is InChI=1S/C22H35N3O3/c1-4-18(5-2)20(25-12-14-28-15-13-25)16-24-21(26)10-11-23-22(27)19-9-7-6-8-17(19)3/h6-9,18,20H,4-5,10-16H2,1-3H3,(H,23,27)(H,24,26). The van der Waals surface area contributed by atoms with E-state index >= 15 is 0 Å². The van der Waals surface area contributed by atoms with Crippen molar-refractivity contribution in [2.45, 2.75) is 46.1 Å². The van der Waals surface area contributed by atoms with Gasteiger partial charge in [-0.1, -0.05) is 44.9 Å². The Labute approximate surface area is 169 Å². The second-order valence-corrected chi connectivity index (χ2v) is 7.42. The van der Waals surface area contributed by atoms with Gasteiger partial charge < -0.3 is 15.4 Å². The molecular weight excluding hydrogens is 354 g/mol. The van der Waals surface area contributed by atoms with Gasteiger partial charge >= 0.3 is 0 Å². The molecule has 0 spiro atoms. The fourth-order valence-electron chi connectivity index (χ4n) is 3.86. The summed E-state index contributed by atoms with van der Waals surface area (Å²) in [7, 11) is 0. The van der Waals surface area contributed by atoms with E-state index in [9.17, 15) is 9.59 Å². The van der Waals surface area contributed by atoms with Crippen LogP contribution in [-0.2, 0) is 9.53 Å². The van der Waals surface area contributed by atoms with Crippen LogP contribution < -0.4 is 10.6 Å². The molecule has 1 saturated heterocycles. The lowest BCUT2D eigenvalue weighted by molar-refractivity contribution is -0.121. The highest BCUT2D eigenvalue weighted by atomic mass is 16.5. The van der Waals surface area contributed by atoms with E-state index in [1.54, 1.807) is 6.07 Å². The second-order valence-electron chi connectivity index (χ2n) is 7.42. The molecule has 1 fully saturated rings. The topological polar surface area (TPSA) is 70.7 Å². The number of carbonyl (C=O) groups is 2. The molecule has 0 aromatic heterocycles. The molecule has 28 heavy (non-hydrogen) atoms. The fraction of sp³-hybridized carbons (Fsp3) is 0.636. The first-order valence-corrected chi connectivity index (χ1v) is 10.5. The number of ether oxygens (including phenoxy) is 1. The molecule has 156 valence electrons. The average molecular weight is 390 g/mol. The van der Waals surface area contributed by atoms with Crippen LogP contribution in [0.3, 0.4) is 0 Å². The lowest BCUT2D eigenvalue weighted by Crippen LogP contribution is -2.52. The van der Waals surface area contributed by atoms with Gasteiger partial charge in [0.2, 0.25) is 5.91 Å². The minimum atomic E-state index is -0.130. The SMILES string of the molecule is CCC(CC)C(CNC(=O)CCNC(=O)c1ccccc1C)N1CCOCC1. The Hall–Kier alpha value is -1.92. The van der Waals surface area contributed by atoms with Crippen molar-refractivity contribution in [3.05, 3.63) is 35.4 Å². The number of morpholine rings is 1. The van der Waals surface area contributed by atoms with Crippen molar-refractivity contribution in [3.63, 3.8) is 0 Å². The van der Waals surface area contributed by atoms with Gasteiger partial charge in [-0.05, 0) is 24.5 Å². The summed E-state index contributed by atoms with van der Waals surface area (Å²) in [5.41, 5.74) is 1.59. The van der Waals surface area contributed by atoms with Crippen molar-refractivity contribution < 1.29 is 14.3 Å². The Morgan fingerprint density at radius 1 is 1.11 bits per heavy atom. The fourth-order valence-corrected chi connectivity index (χ4v) is 3.86. The van der Waals surface area contributed by atoms with Gasteiger partial charge in [0.25, 0.3) is 5.91 Å². The summed E-state index contributed by atoms with van der Waals surface area (Å²) in [6.45, 7) is 10.7.